The Morgan fingerprint density at radius 2 is 2.23 bits per heavy atom. The van der Waals surface area contributed by atoms with Crippen molar-refractivity contribution in [1.29, 1.82) is 5.26 Å². The van der Waals surface area contributed by atoms with E-state index >= 15 is 0 Å². The first-order chi connectivity index (χ1) is 10.8. The zero-order valence-corrected chi connectivity index (χ0v) is 13.9. The summed E-state index contributed by atoms with van der Waals surface area (Å²) in [7, 11) is 1.65. The van der Waals surface area contributed by atoms with Gasteiger partial charge in [-0.3, -0.25) is 5.32 Å². The second-order valence-corrected chi connectivity index (χ2v) is 5.92. The summed E-state index contributed by atoms with van der Waals surface area (Å²) in [5.74, 6) is 0.741. The van der Waals surface area contributed by atoms with E-state index in [0.29, 0.717) is 5.17 Å². The molecule has 6 heteroatoms. The Kier molecular flexibility index (Phi) is 6.56. The van der Waals surface area contributed by atoms with Crippen LogP contribution in [-0.2, 0) is 6.42 Å². The Labute approximate surface area is 136 Å². The van der Waals surface area contributed by atoms with Crippen molar-refractivity contribution in [3.8, 4) is 11.9 Å². The third-order valence-electron chi connectivity index (χ3n) is 3.77. The summed E-state index contributed by atoms with van der Waals surface area (Å²) >= 11 is 1.41. The Morgan fingerprint density at radius 3 is 2.86 bits per heavy atom. The van der Waals surface area contributed by atoms with Gasteiger partial charge in [-0.1, -0.05) is 23.9 Å². The molecule has 5 nitrogen and oxygen atoms in total. The number of para-hydroxylation sites is 1. The van der Waals surface area contributed by atoms with Gasteiger partial charge >= 0.3 is 0 Å². The van der Waals surface area contributed by atoms with Crippen LogP contribution in [0.25, 0.3) is 0 Å². The van der Waals surface area contributed by atoms with E-state index in [-0.39, 0.29) is 0 Å². The molecule has 1 aromatic rings. The van der Waals surface area contributed by atoms with Crippen molar-refractivity contribution in [2.45, 2.75) is 19.3 Å². The van der Waals surface area contributed by atoms with Crippen molar-refractivity contribution in [3.05, 3.63) is 23.8 Å². The number of thioether (sulfide) groups is 1. The minimum atomic E-state index is 0.578. The van der Waals surface area contributed by atoms with Crippen LogP contribution in [0.4, 0.5) is 5.69 Å². The standard InChI is InChI=1S/C16H22N4OS/c1-21-14-7-5-6-13(8-11-20-9-3-4-10-20)15(14)19-16(22-2)18-12-17/h5-7H,3-4,8-11H2,1-2H3,(H,18,19). The van der Waals surface area contributed by atoms with Gasteiger partial charge < -0.3 is 9.64 Å². The smallest absolute Gasteiger partial charge is 0.183 e. The summed E-state index contributed by atoms with van der Waals surface area (Å²) in [6.45, 7) is 3.42. The van der Waals surface area contributed by atoms with Gasteiger partial charge in [-0.2, -0.15) is 5.26 Å². The SMILES string of the molecule is COc1cccc(CCN2CCCC2)c1N=C(NC#N)SC. The van der Waals surface area contributed by atoms with Crippen LogP contribution in [0.15, 0.2) is 23.2 Å². The number of nitrogens with zero attached hydrogens (tertiary/aromatic N) is 3. The monoisotopic (exact) mass is 318 g/mol. The van der Waals surface area contributed by atoms with Crippen LogP contribution in [0.2, 0.25) is 0 Å². The Bertz CT molecular complexity index is 562. The van der Waals surface area contributed by atoms with E-state index < -0.39 is 0 Å². The van der Waals surface area contributed by atoms with Crippen LogP contribution in [0.1, 0.15) is 18.4 Å². The molecule has 0 bridgehead atoms. The third kappa shape index (κ3) is 4.39. The topological polar surface area (TPSA) is 60.6 Å². The van der Waals surface area contributed by atoms with Gasteiger partial charge in [0.15, 0.2) is 11.4 Å². The zero-order valence-electron chi connectivity index (χ0n) is 13.1. The molecule has 0 radical (unpaired) electrons. The van der Waals surface area contributed by atoms with Crippen molar-refractivity contribution < 1.29 is 4.74 Å². The van der Waals surface area contributed by atoms with E-state index in [9.17, 15) is 0 Å². The maximum atomic E-state index is 8.80. The Balaban J connectivity index is 2.22. The number of nitriles is 1. The minimum Gasteiger partial charge on any atom is -0.494 e. The van der Waals surface area contributed by atoms with Gasteiger partial charge in [0.2, 0.25) is 0 Å². The van der Waals surface area contributed by atoms with Gasteiger partial charge in [0, 0.05) is 6.54 Å². The molecule has 1 aliphatic rings. The lowest BCUT2D eigenvalue weighted by molar-refractivity contribution is 0.343. The average Bonchev–Trinajstić information content (AvgIpc) is 3.06. The molecule has 0 unspecified atom stereocenters. The van der Waals surface area contributed by atoms with Gasteiger partial charge in [0.1, 0.15) is 11.4 Å². The maximum absolute atomic E-state index is 8.80. The maximum Gasteiger partial charge on any atom is 0.183 e. The molecule has 1 heterocycles. The molecule has 0 aromatic heterocycles. The summed E-state index contributed by atoms with van der Waals surface area (Å²) in [6.07, 6.45) is 7.34. The molecule has 1 aromatic carbocycles. The van der Waals surface area contributed by atoms with Gasteiger partial charge in [-0.05, 0) is 50.2 Å². The highest BCUT2D eigenvalue weighted by atomic mass is 32.2. The molecule has 22 heavy (non-hydrogen) atoms. The first kappa shape index (κ1) is 16.7. The number of nitrogens with one attached hydrogen (secondary N) is 1. The molecule has 0 amide bonds. The molecule has 1 fully saturated rings. The largest absolute Gasteiger partial charge is 0.494 e. The molecule has 1 N–H and O–H groups in total. The van der Waals surface area contributed by atoms with E-state index in [1.54, 1.807) is 7.11 Å². The Morgan fingerprint density at radius 1 is 1.45 bits per heavy atom. The number of amidine groups is 1. The van der Waals surface area contributed by atoms with Gasteiger partial charge in [-0.25, -0.2) is 4.99 Å². The molecule has 0 saturated carbocycles. The summed E-state index contributed by atoms with van der Waals surface area (Å²) in [5, 5.41) is 12.0. The van der Waals surface area contributed by atoms with Crippen LogP contribution in [0.5, 0.6) is 5.75 Å². The van der Waals surface area contributed by atoms with Gasteiger partial charge in [0.05, 0.1) is 7.11 Å². The fourth-order valence-corrected chi connectivity index (χ4v) is 2.95. The summed E-state index contributed by atoms with van der Waals surface area (Å²) in [5.41, 5.74) is 1.97. The van der Waals surface area contributed by atoms with Crippen LogP contribution in [-0.4, -0.2) is 43.1 Å². The first-order valence-electron chi connectivity index (χ1n) is 7.44. The fourth-order valence-electron chi connectivity index (χ4n) is 2.62. The fraction of sp³-hybridized carbons (Fsp3) is 0.500. The number of hydrogen-bond acceptors (Lipinski definition) is 5. The van der Waals surface area contributed by atoms with Crippen molar-refractivity contribution in [3.63, 3.8) is 0 Å². The number of likely N-dealkylation sites (tertiary alicyclic amines) is 1. The zero-order chi connectivity index (χ0) is 15.8. The van der Waals surface area contributed by atoms with Crippen molar-refractivity contribution in [2.24, 2.45) is 4.99 Å². The molecule has 2 rings (SSSR count). The lowest BCUT2D eigenvalue weighted by Gasteiger charge is -2.16. The quantitative estimate of drug-likeness (QED) is 0.391. The van der Waals surface area contributed by atoms with Crippen LogP contribution < -0.4 is 10.1 Å². The number of ether oxygens (including phenoxy) is 1. The normalized spacial score (nSPS) is 15.6. The minimum absolute atomic E-state index is 0.578. The molecule has 0 atom stereocenters. The van der Waals surface area contributed by atoms with Crippen LogP contribution in [0.3, 0.4) is 0 Å². The molecule has 1 aliphatic heterocycles. The number of hydrogen-bond donors (Lipinski definition) is 1. The lowest BCUT2D eigenvalue weighted by Crippen LogP contribution is -2.22. The number of methoxy groups -OCH3 is 1. The number of benzene rings is 1. The van der Waals surface area contributed by atoms with Crippen molar-refractivity contribution in [2.75, 3.05) is 33.0 Å². The predicted molar refractivity (Wildman–Crippen MR) is 91.7 cm³/mol. The molecule has 0 spiro atoms. The van der Waals surface area contributed by atoms with E-state index in [2.05, 4.69) is 21.3 Å². The number of rotatable bonds is 5. The Hall–Kier alpha value is -1.71. The van der Waals surface area contributed by atoms with E-state index in [1.807, 2.05) is 24.6 Å². The summed E-state index contributed by atoms with van der Waals surface area (Å²) in [6, 6.07) is 5.98. The van der Waals surface area contributed by atoms with E-state index in [0.717, 1.165) is 30.0 Å². The predicted octanol–water partition coefficient (Wildman–Crippen LogP) is 2.75. The van der Waals surface area contributed by atoms with E-state index in [4.69, 9.17) is 10.00 Å². The van der Waals surface area contributed by atoms with Gasteiger partial charge in [0.25, 0.3) is 0 Å². The second kappa shape index (κ2) is 8.66. The molecule has 0 aliphatic carbocycles. The number of aliphatic imine (C=N–C) groups is 1. The highest BCUT2D eigenvalue weighted by Crippen LogP contribution is 2.32. The molecular formula is C16H22N4OS. The highest BCUT2D eigenvalue weighted by molar-refractivity contribution is 8.13. The molecular weight excluding hydrogens is 296 g/mol. The lowest BCUT2D eigenvalue weighted by atomic mass is 10.1. The summed E-state index contributed by atoms with van der Waals surface area (Å²) < 4.78 is 5.44. The first-order valence-corrected chi connectivity index (χ1v) is 8.67. The third-order valence-corrected chi connectivity index (χ3v) is 4.35. The van der Waals surface area contributed by atoms with Crippen molar-refractivity contribution >= 4 is 22.6 Å². The van der Waals surface area contributed by atoms with E-state index in [1.165, 1.54) is 37.7 Å². The molecule has 118 valence electrons. The van der Waals surface area contributed by atoms with Gasteiger partial charge in [-0.15, -0.1) is 0 Å². The second-order valence-electron chi connectivity index (χ2n) is 5.12. The van der Waals surface area contributed by atoms with Crippen LogP contribution >= 0.6 is 11.8 Å². The summed E-state index contributed by atoms with van der Waals surface area (Å²) in [4.78, 5) is 7.07. The van der Waals surface area contributed by atoms with Crippen LogP contribution in [0, 0.1) is 11.5 Å². The average molecular weight is 318 g/mol. The van der Waals surface area contributed by atoms with Crippen molar-refractivity contribution in [1.82, 2.24) is 10.2 Å². The highest BCUT2D eigenvalue weighted by Gasteiger charge is 2.14. The molecule has 1 saturated heterocycles.